The molecule has 0 aliphatic carbocycles. The topological polar surface area (TPSA) is 53.5 Å². The van der Waals surface area contributed by atoms with Gasteiger partial charge in [0.25, 0.3) is 5.91 Å². The molecule has 0 aromatic carbocycles. The van der Waals surface area contributed by atoms with Crippen LogP contribution in [0.3, 0.4) is 0 Å². The van der Waals surface area contributed by atoms with Crippen molar-refractivity contribution in [1.82, 2.24) is 14.8 Å². The molecule has 2 rings (SSSR count). The molecule has 1 atom stereocenters. The van der Waals surface area contributed by atoms with Crippen molar-refractivity contribution in [2.24, 2.45) is 0 Å². The average Bonchev–Trinajstić information content (AvgIpc) is 2.95. The van der Waals surface area contributed by atoms with Gasteiger partial charge in [-0.15, -0.1) is 11.3 Å². The van der Waals surface area contributed by atoms with Crippen molar-refractivity contribution in [2.45, 2.75) is 38.6 Å². The van der Waals surface area contributed by atoms with E-state index in [9.17, 15) is 9.59 Å². The smallest absolute Gasteiger partial charge is 0.265 e. The SMILES string of the molecule is CCC(=O)N1CCCC[C@H]1c1ncc(C(=O)N(C)C)s1. The first-order valence-electron chi connectivity index (χ1n) is 7.01. The third-order valence-corrected chi connectivity index (χ3v) is 4.64. The highest BCUT2D eigenvalue weighted by Gasteiger charge is 2.29. The molecule has 0 spiro atoms. The predicted octanol–water partition coefficient (Wildman–Crippen LogP) is 2.31. The molecular formula is C14H21N3O2S. The summed E-state index contributed by atoms with van der Waals surface area (Å²) >= 11 is 1.41. The van der Waals surface area contributed by atoms with E-state index in [0.29, 0.717) is 11.3 Å². The highest BCUT2D eigenvalue weighted by atomic mass is 32.1. The molecule has 0 bridgehead atoms. The van der Waals surface area contributed by atoms with Gasteiger partial charge in [0.1, 0.15) is 9.88 Å². The molecule has 1 aromatic rings. The molecule has 0 saturated carbocycles. The number of carbonyl (C=O) groups excluding carboxylic acids is 2. The molecule has 1 saturated heterocycles. The van der Waals surface area contributed by atoms with Gasteiger partial charge in [0.2, 0.25) is 5.91 Å². The fraction of sp³-hybridized carbons (Fsp3) is 0.643. The Balaban J connectivity index is 2.20. The van der Waals surface area contributed by atoms with Crippen LogP contribution in [0.5, 0.6) is 0 Å². The van der Waals surface area contributed by atoms with Gasteiger partial charge in [0.05, 0.1) is 12.2 Å². The molecule has 5 nitrogen and oxygen atoms in total. The molecule has 0 unspecified atom stereocenters. The summed E-state index contributed by atoms with van der Waals surface area (Å²) < 4.78 is 0. The second kappa shape index (κ2) is 6.35. The summed E-state index contributed by atoms with van der Waals surface area (Å²) in [6.07, 6.45) is 5.25. The lowest BCUT2D eigenvalue weighted by molar-refractivity contribution is -0.134. The zero-order valence-electron chi connectivity index (χ0n) is 12.3. The molecule has 0 radical (unpaired) electrons. The number of rotatable bonds is 3. The Labute approximate surface area is 123 Å². The van der Waals surface area contributed by atoms with E-state index in [4.69, 9.17) is 0 Å². The lowest BCUT2D eigenvalue weighted by Crippen LogP contribution is -2.38. The molecule has 2 heterocycles. The second-order valence-corrected chi connectivity index (χ2v) is 6.28. The third-order valence-electron chi connectivity index (χ3n) is 3.55. The van der Waals surface area contributed by atoms with Gasteiger partial charge in [0, 0.05) is 27.1 Å². The van der Waals surface area contributed by atoms with Crippen LogP contribution in [0.1, 0.15) is 53.3 Å². The summed E-state index contributed by atoms with van der Waals surface area (Å²) in [5.74, 6) is 0.142. The van der Waals surface area contributed by atoms with E-state index >= 15 is 0 Å². The van der Waals surface area contributed by atoms with Gasteiger partial charge in [-0.05, 0) is 19.3 Å². The van der Waals surface area contributed by atoms with Crippen molar-refractivity contribution < 1.29 is 9.59 Å². The van der Waals surface area contributed by atoms with Gasteiger partial charge < -0.3 is 9.80 Å². The van der Waals surface area contributed by atoms with Crippen LogP contribution >= 0.6 is 11.3 Å². The number of aromatic nitrogens is 1. The Morgan fingerprint density at radius 1 is 1.45 bits per heavy atom. The van der Waals surface area contributed by atoms with Crippen LogP contribution in [0, 0.1) is 0 Å². The minimum atomic E-state index is -0.0297. The first-order chi connectivity index (χ1) is 9.54. The van der Waals surface area contributed by atoms with Crippen LogP contribution in [0.2, 0.25) is 0 Å². The first-order valence-corrected chi connectivity index (χ1v) is 7.83. The number of likely N-dealkylation sites (tertiary alicyclic amines) is 1. The summed E-state index contributed by atoms with van der Waals surface area (Å²) in [7, 11) is 3.46. The van der Waals surface area contributed by atoms with E-state index < -0.39 is 0 Å². The van der Waals surface area contributed by atoms with Gasteiger partial charge >= 0.3 is 0 Å². The number of thiazole rings is 1. The zero-order chi connectivity index (χ0) is 14.7. The van der Waals surface area contributed by atoms with Crippen molar-refractivity contribution in [3.63, 3.8) is 0 Å². The van der Waals surface area contributed by atoms with Crippen molar-refractivity contribution >= 4 is 23.2 Å². The van der Waals surface area contributed by atoms with E-state index in [1.54, 1.807) is 25.2 Å². The summed E-state index contributed by atoms with van der Waals surface area (Å²) in [6.45, 7) is 2.69. The number of piperidine rings is 1. The van der Waals surface area contributed by atoms with Crippen LogP contribution in [0.25, 0.3) is 0 Å². The minimum absolute atomic E-state index is 0.0297. The van der Waals surface area contributed by atoms with Crippen LogP contribution in [-0.2, 0) is 4.79 Å². The van der Waals surface area contributed by atoms with Crippen molar-refractivity contribution in [1.29, 1.82) is 0 Å². The van der Waals surface area contributed by atoms with Gasteiger partial charge in [-0.1, -0.05) is 6.92 Å². The van der Waals surface area contributed by atoms with Gasteiger partial charge in [-0.25, -0.2) is 4.98 Å². The standard InChI is InChI=1S/C14H21N3O2S/c1-4-12(18)17-8-6-5-7-10(17)13-15-9-11(20-13)14(19)16(2)3/h9-10H,4-8H2,1-3H3/t10-/m0/s1. The average molecular weight is 295 g/mol. The molecule has 110 valence electrons. The molecule has 2 amide bonds. The Morgan fingerprint density at radius 2 is 2.20 bits per heavy atom. The lowest BCUT2D eigenvalue weighted by Gasteiger charge is -2.34. The Bertz CT molecular complexity index is 498. The fourth-order valence-electron chi connectivity index (χ4n) is 2.45. The Kier molecular flexibility index (Phi) is 4.75. The van der Waals surface area contributed by atoms with E-state index in [1.807, 2.05) is 11.8 Å². The molecule has 0 N–H and O–H groups in total. The largest absolute Gasteiger partial charge is 0.344 e. The maximum absolute atomic E-state index is 12.0. The quantitative estimate of drug-likeness (QED) is 0.860. The molecule has 1 aliphatic heterocycles. The zero-order valence-corrected chi connectivity index (χ0v) is 13.1. The van der Waals surface area contributed by atoms with Crippen LogP contribution in [0.15, 0.2) is 6.20 Å². The molecule has 20 heavy (non-hydrogen) atoms. The third kappa shape index (κ3) is 3.00. The molecular weight excluding hydrogens is 274 g/mol. The van der Waals surface area contributed by atoms with Crippen molar-refractivity contribution in [3.05, 3.63) is 16.1 Å². The van der Waals surface area contributed by atoms with Crippen LogP contribution in [-0.4, -0.2) is 47.2 Å². The highest BCUT2D eigenvalue weighted by Crippen LogP contribution is 2.33. The predicted molar refractivity (Wildman–Crippen MR) is 78.7 cm³/mol. The van der Waals surface area contributed by atoms with Crippen molar-refractivity contribution in [2.75, 3.05) is 20.6 Å². The molecule has 1 fully saturated rings. The summed E-state index contributed by atoms with van der Waals surface area (Å²) in [4.78, 5) is 32.5. The Morgan fingerprint density at radius 3 is 2.85 bits per heavy atom. The van der Waals surface area contributed by atoms with E-state index in [0.717, 1.165) is 30.8 Å². The number of amides is 2. The monoisotopic (exact) mass is 295 g/mol. The lowest BCUT2D eigenvalue weighted by atomic mass is 10.0. The normalized spacial score (nSPS) is 18.9. The van der Waals surface area contributed by atoms with Gasteiger partial charge in [-0.2, -0.15) is 0 Å². The maximum Gasteiger partial charge on any atom is 0.265 e. The minimum Gasteiger partial charge on any atom is -0.344 e. The molecule has 1 aliphatic rings. The van der Waals surface area contributed by atoms with E-state index in [2.05, 4.69) is 4.98 Å². The molecule has 1 aromatic heterocycles. The van der Waals surface area contributed by atoms with E-state index in [-0.39, 0.29) is 17.9 Å². The first kappa shape index (κ1) is 15.0. The van der Waals surface area contributed by atoms with E-state index in [1.165, 1.54) is 11.3 Å². The number of hydrogen-bond acceptors (Lipinski definition) is 4. The highest BCUT2D eigenvalue weighted by molar-refractivity contribution is 7.13. The number of nitrogens with zero attached hydrogens (tertiary/aromatic N) is 3. The van der Waals surface area contributed by atoms with Crippen LogP contribution in [0.4, 0.5) is 0 Å². The number of carbonyl (C=O) groups is 2. The Hall–Kier alpha value is -1.43. The van der Waals surface area contributed by atoms with Gasteiger partial charge in [0.15, 0.2) is 0 Å². The molecule has 6 heteroatoms. The summed E-state index contributed by atoms with van der Waals surface area (Å²) in [5, 5.41) is 0.886. The number of hydrogen-bond donors (Lipinski definition) is 0. The van der Waals surface area contributed by atoms with Crippen molar-refractivity contribution in [3.8, 4) is 0 Å². The van der Waals surface area contributed by atoms with Gasteiger partial charge in [-0.3, -0.25) is 9.59 Å². The van der Waals surface area contributed by atoms with Crippen LogP contribution < -0.4 is 0 Å². The summed E-state index contributed by atoms with van der Waals surface area (Å²) in [5.41, 5.74) is 0. The second-order valence-electron chi connectivity index (χ2n) is 5.21. The maximum atomic E-state index is 12.0. The fourth-order valence-corrected chi connectivity index (χ4v) is 3.54. The summed E-state index contributed by atoms with van der Waals surface area (Å²) in [6, 6.07) is 0.0462.